The molecule has 0 aromatic heterocycles. The maximum atomic E-state index is 11.8. The summed E-state index contributed by atoms with van der Waals surface area (Å²) in [7, 11) is 3.12. The van der Waals surface area contributed by atoms with Gasteiger partial charge >= 0.3 is 5.97 Å². The van der Waals surface area contributed by atoms with Crippen LogP contribution in [0.2, 0.25) is 0 Å². The van der Waals surface area contributed by atoms with Crippen molar-refractivity contribution in [1.82, 2.24) is 0 Å². The van der Waals surface area contributed by atoms with Crippen molar-refractivity contribution in [2.75, 3.05) is 14.2 Å². The van der Waals surface area contributed by atoms with Gasteiger partial charge in [0.15, 0.2) is 11.9 Å². The smallest absolute Gasteiger partial charge is 0.331 e. The van der Waals surface area contributed by atoms with Crippen molar-refractivity contribution in [1.29, 1.82) is 0 Å². The van der Waals surface area contributed by atoms with Crippen LogP contribution in [0.25, 0.3) is 6.08 Å². The highest BCUT2D eigenvalue weighted by molar-refractivity contribution is 5.91. The molecule has 0 aliphatic heterocycles. The summed E-state index contributed by atoms with van der Waals surface area (Å²) < 4.78 is 15.6. The Balaban J connectivity index is 2.01. The number of rotatable bonds is 5. The van der Waals surface area contributed by atoms with Gasteiger partial charge in [0.2, 0.25) is 0 Å². The average Bonchev–Trinajstić information content (AvgIpc) is 2.55. The van der Waals surface area contributed by atoms with Crippen LogP contribution < -0.4 is 9.47 Å². The normalized spacial score (nSPS) is 18.3. The van der Waals surface area contributed by atoms with E-state index >= 15 is 0 Å². The fraction of sp³-hybridized carbons (Fsp3) is 0.412. The molecule has 1 atom stereocenters. The molecule has 1 saturated carbocycles. The summed E-state index contributed by atoms with van der Waals surface area (Å²) in [5.74, 6) is 0.759. The highest BCUT2D eigenvalue weighted by Gasteiger charge is 2.24. The van der Waals surface area contributed by atoms with Crippen LogP contribution in [0.3, 0.4) is 0 Å². The van der Waals surface area contributed by atoms with Crippen LogP contribution in [0.4, 0.5) is 0 Å². The fourth-order valence-corrected chi connectivity index (χ4v) is 2.37. The van der Waals surface area contributed by atoms with Gasteiger partial charge in [-0.2, -0.15) is 0 Å². The van der Waals surface area contributed by atoms with Gasteiger partial charge in [0.25, 0.3) is 0 Å². The summed E-state index contributed by atoms with van der Waals surface area (Å²) in [5.41, 5.74) is 0.732. The monoisotopic (exact) mass is 304 g/mol. The first-order valence-corrected chi connectivity index (χ1v) is 7.27. The first-order valence-electron chi connectivity index (χ1n) is 7.27. The molecule has 5 heteroatoms. The third-order valence-corrected chi connectivity index (χ3v) is 3.60. The maximum absolute atomic E-state index is 11.8. The van der Waals surface area contributed by atoms with Gasteiger partial charge in [-0.3, -0.25) is 4.79 Å². The van der Waals surface area contributed by atoms with Gasteiger partial charge in [-0.1, -0.05) is 0 Å². The maximum Gasteiger partial charge on any atom is 0.331 e. The molecule has 1 aliphatic rings. The second kappa shape index (κ2) is 7.64. The molecule has 0 bridgehead atoms. The third-order valence-electron chi connectivity index (χ3n) is 3.60. The Morgan fingerprint density at radius 3 is 2.73 bits per heavy atom. The van der Waals surface area contributed by atoms with Gasteiger partial charge in [-0.15, -0.1) is 0 Å². The summed E-state index contributed by atoms with van der Waals surface area (Å²) in [5, 5.41) is 0. The number of hydrogen-bond acceptors (Lipinski definition) is 5. The first kappa shape index (κ1) is 16.1. The van der Waals surface area contributed by atoms with E-state index in [9.17, 15) is 9.59 Å². The Labute approximate surface area is 129 Å². The molecule has 1 aromatic carbocycles. The predicted octanol–water partition coefficient (Wildman–Crippen LogP) is 2.77. The van der Waals surface area contributed by atoms with Crippen molar-refractivity contribution in [3.8, 4) is 11.5 Å². The topological polar surface area (TPSA) is 61.8 Å². The van der Waals surface area contributed by atoms with Crippen molar-refractivity contribution in [2.45, 2.75) is 31.8 Å². The van der Waals surface area contributed by atoms with Crippen LogP contribution in [0.1, 0.15) is 31.2 Å². The van der Waals surface area contributed by atoms with E-state index in [0.29, 0.717) is 24.3 Å². The van der Waals surface area contributed by atoms with Crippen molar-refractivity contribution in [2.24, 2.45) is 0 Å². The lowest BCUT2D eigenvalue weighted by atomic mass is 9.96. The third kappa shape index (κ3) is 4.10. The Bertz CT molecular complexity index is 576. The zero-order chi connectivity index (χ0) is 15.9. The molecule has 2 rings (SSSR count). The lowest BCUT2D eigenvalue weighted by Crippen LogP contribution is -2.29. The van der Waals surface area contributed by atoms with Crippen molar-refractivity contribution in [3.63, 3.8) is 0 Å². The van der Waals surface area contributed by atoms with E-state index < -0.39 is 12.1 Å². The molecule has 0 N–H and O–H groups in total. The van der Waals surface area contributed by atoms with Crippen molar-refractivity contribution in [3.05, 3.63) is 29.8 Å². The lowest BCUT2D eigenvalue weighted by Gasteiger charge is -2.19. The molecule has 0 amide bonds. The van der Waals surface area contributed by atoms with E-state index in [1.807, 2.05) is 0 Å². The number of methoxy groups -OCH3 is 2. The molecular formula is C17H20O5. The van der Waals surface area contributed by atoms with Gasteiger partial charge in [0.1, 0.15) is 11.5 Å². The standard InChI is InChI=1S/C17H20O5/c1-20-13-9-7-12(16(11-13)21-2)8-10-17(19)22-15-6-4-3-5-14(15)18/h7-11,15H,3-6H2,1-2H3/b10-8+/t15-/m1/s1. The minimum Gasteiger partial charge on any atom is -0.497 e. The lowest BCUT2D eigenvalue weighted by molar-refractivity contribution is -0.152. The SMILES string of the molecule is COc1ccc(/C=C/C(=O)O[C@@H]2CCCCC2=O)c(OC)c1. The average molecular weight is 304 g/mol. The molecule has 5 nitrogen and oxygen atoms in total. The van der Waals surface area contributed by atoms with Crippen LogP contribution in [0, 0.1) is 0 Å². The van der Waals surface area contributed by atoms with Gasteiger partial charge in [-0.25, -0.2) is 4.79 Å². The molecular weight excluding hydrogens is 284 g/mol. The van der Waals surface area contributed by atoms with Gasteiger partial charge in [0.05, 0.1) is 14.2 Å². The molecule has 0 spiro atoms. The number of carbonyl (C=O) groups excluding carboxylic acids is 2. The summed E-state index contributed by atoms with van der Waals surface area (Å²) in [6.45, 7) is 0. The Morgan fingerprint density at radius 2 is 2.05 bits per heavy atom. The van der Waals surface area contributed by atoms with Crippen LogP contribution in [0.5, 0.6) is 11.5 Å². The second-order valence-electron chi connectivity index (χ2n) is 5.08. The fourth-order valence-electron chi connectivity index (χ4n) is 2.37. The highest BCUT2D eigenvalue weighted by Crippen LogP contribution is 2.25. The predicted molar refractivity (Wildman–Crippen MR) is 81.9 cm³/mol. The highest BCUT2D eigenvalue weighted by atomic mass is 16.5. The van der Waals surface area contributed by atoms with E-state index in [1.165, 1.54) is 6.08 Å². The number of ketones is 1. The van der Waals surface area contributed by atoms with Crippen LogP contribution in [0.15, 0.2) is 24.3 Å². The summed E-state index contributed by atoms with van der Waals surface area (Å²) >= 11 is 0. The van der Waals surface area contributed by atoms with Crippen molar-refractivity contribution < 1.29 is 23.8 Å². The Kier molecular flexibility index (Phi) is 5.58. The molecule has 1 fully saturated rings. The molecule has 0 saturated heterocycles. The number of hydrogen-bond donors (Lipinski definition) is 0. The number of carbonyl (C=O) groups is 2. The molecule has 1 aliphatic carbocycles. The van der Waals surface area contributed by atoms with Crippen LogP contribution in [-0.4, -0.2) is 32.1 Å². The number of esters is 1. The molecule has 0 unspecified atom stereocenters. The second-order valence-corrected chi connectivity index (χ2v) is 5.08. The van der Waals surface area contributed by atoms with E-state index in [0.717, 1.165) is 18.4 Å². The summed E-state index contributed by atoms with van der Waals surface area (Å²) in [6, 6.07) is 5.29. The zero-order valence-electron chi connectivity index (χ0n) is 12.8. The number of ether oxygens (including phenoxy) is 3. The largest absolute Gasteiger partial charge is 0.497 e. The zero-order valence-corrected chi connectivity index (χ0v) is 12.8. The Hall–Kier alpha value is -2.30. The molecule has 0 heterocycles. The molecule has 118 valence electrons. The Morgan fingerprint density at radius 1 is 1.23 bits per heavy atom. The van der Waals surface area contributed by atoms with Crippen LogP contribution >= 0.6 is 0 Å². The number of benzene rings is 1. The van der Waals surface area contributed by atoms with E-state index in [1.54, 1.807) is 38.5 Å². The van der Waals surface area contributed by atoms with E-state index in [-0.39, 0.29) is 5.78 Å². The minimum atomic E-state index is -0.594. The van der Waals surface area contributed by atoms with Gasteiger partial charge < -0.3 is 14.2 Å². The number of Topliss-reactive ketones (excluding diaryl/α,β-unsaturated/α-hetero) is 1. The molecule has 0 radical (unpaired) electrons. The minimum absolute atomic E-state index is 0.00929. The van der Waals surface area contributed by atoms with Gasteiger partial charge in [-0.05, 0) is 37.5 Å². The summed E-state index contributed by atoms with van der Waals surface area (Å²) in [6.07, 6.45) is 5.23. The first-order chi connectivity index (χ1) is 10.6. The summed E-state index contributed by atoms with van der Waals surface area (Å²) in [4.78, 5) is 23.5. The van der Waals surface area contributed by atoms with Crippen molar-refractivity contribution >= 4 is 17.8 Å². The quantitative estimate of drug-likeness (QED) is 0.618. The van der Waals surface area contributed by atoms with E-state index in [4.69, 9.17) is 14.2 Å². The van der Waals surface area contributed by atoms with E-state index in [2.05, 4.69) is 0 Å². The van der Waals surface area contributed by atoms with Crippen LogP contribution in [-0.2, 0) is 14.3 Å². The van der Waals surface area contributed by atoms with Gasteiger partial charge in [0, 0.05) is 24.1 Å². The molecule has 22 heavy (non-hydrogen) atoms. The molecule has 1 aromatic rings.